The van der Waals surface area contributed by atoms with Gasteiger partial charge in [0, 0.05) is 12.1 Å². The Hall–Kier alpha value is -4.91. The number of carbonyl (C=O) groups excluding carboxylic acids is 4. The van der Waals surface area contributed by atoms with Crippen LogP contribution in [-0.4, -0.2) is 38.0 Å². The fourth-order valence-corrected chi connectivity index (χ4v) is 5.28. The molecule has 2 amide bonds. The van der Waals surface area contributed by atoms with Crippen LogP contribution in [0.25, 0.3) is 0 Å². The van der Waals surface area contributed by atoms with Crippen molar-refractivity contribution in [3.8, 4) is 6.07 Å². The van der Waals surface area contributed by atoms with Crippen LogP contribution in [0.2, 0.25) is 0 Å². The molecule has 2 atom stereocenters. The molecular weight excluding hydrogens is 500 g/mol. The highest BCUT2D eigenvalue weighted by molar-refractivity contribution is 6.06. The van der Waals surface area contributed by atoms with Gasteiger partial charge in [-0.15, -0.1) is 0 Å². The second kappa shape index (κ2) is 10.8. The maximum atomic E-state index is 13.2. The van der Waals surface area contributed by atoms with Crippen molar-refractivity contribution >= 4 is 29.4 Å². The molecule has 2 unspecified atom stereocenters. The first-order chi connectivity index (χ1) is 18.7. The Balaban J connectivity index is 1.92. The van der Waals surface area contributed by atoms with Crippen LogP contribution in [0, 0.1) is 11.3 Å². The average molecular weight is 529 g/mol. The number of benzene rings is 2. The van der Waals surface area contributed by atoms with Crippen LogP contribution < -0.4 is 16.0 Å². The molecule has 2 aliphatic rings. The van der Waals surface area contributed by atoms with E-state index in [0.29, 0.717) is 29.7 Å². The number of nitriles is 1. The Bertz CT molecular complexity index is 1440. The lowest BCUT2D eigenvalue weighted by Crippen LogP contribution is -2.51. The summed E-state index contributed by atoms with van der Waals surface area (Å²) in [6.07, 6.45) is 1.04. The average Bonchev–Trinajstić information content (AvgIpc) is 2.96. The quantitative estimate of drug-likeness (QED) is 0.426. The highest BCUT2D eigenvalue weighted by atomic mass is 16.5. The van der Waals surface area contributed by atoms with Crippen LogP contribution in [0.3, 0.4) is 0 Å². The number of anilines is 1. The van der Waals surface area contributed by atoms with Crippen molar-refractivity contribution < 1.29 is 28.7 Å². The Kier molecular flexibility index (Phi) is 7.54. The molecule has 0 aliphatic carbocycles. The minimum absolute atomic E-state index is 0.0496. The Morgan fingerprint density at radius 3 is 2.26 bits per heavy atom. The van der Waals surface area contributed by atoms with E-state index in [1.807, 2.05) is 6.92 Å². The van der Waals surface area contributed by atoms with Gasteiger partial charge in [0.15, 0.2) is 0 Å². The largest absolute Gasteiger partial charge is 0.466 e. The second-order valence-corrected chi connectivity index (χ2v) is 9.20. The zero-order valence-electron chi connectivity index (χ0n) is 21.8. The van der Waals surface area contributed by atoms with Gasteiger partial charge in [-0.3, -0.25) is 19.8 Å². The molecule has 1 fully saturated rings. The number of carbonyl (C=O) groups is 4. The molecule has 2 aromatic carbocycles. The summed E-state index contributed by atoms with van der Waals surface area (Å²) in [4.78, 5) is 52.3. The summed E-state index contributed by atoms with van der Waals surface area (Å²) in [6, 6.07) is 17.5. The van der Waals surface area contributed by atoms with E-state index in [-0.39, 0.29) is 40.9 Å². The first kappa shape index (κ1) is 27.1. The van der Waals surface area contributed by atoms with Gasteiger partial charge in [0.2, 0.25) is 11.8 Å². The van der Waals surface area contributed by atoms with Crippen LogP contribution in [0.4, 0.5) is 5.69 Å². The monoisotopic (exact) mass is 528 g/mol. The molecule has 3 N–H and O–H groups in total. The lowest BCUT2D eigenvalue weighted by atomic mass is 9.72. The van der Waals surface area contributed by atoms with Gasteiger partial charge in [-0.1, -0.05) is 49.4 Å². The van der Waals surface area contributed by atoms with Crippen LogP contribution in [0.5, 0.6) is 0 Å². The molecule has 10 heteroatoms. The fourth-order valence-electron chi connectivity index (χ4n) is 5.28. The first-order valence-electron chi connectivity index (χ1n) is 12.3. The standard InChI is InChI=1S/C29H28N4O6/c1-4-29(15-14-21(34)32-28(29)37)18-10-12-19(13-11-18)33-24(27(36)39-3)23(26(35)38-2)22(20(16-30)25(33)31)17-8-6-5-7-9-17/h5-13,22H,4,14-15,31H2,1-3H3,(H,32,34,37). The summed E-state index contributed by atoms with van der Waals surface area (Å²) in [5.74, 6) is -3.38. The normalized spacial score (nSPS) is 21.3. The van der Waals surface area contributed by atoms with Crippen molar-refractivity contribution in [2.45, 2.75) is 37.5 Å². The maximum absolute atomic E-state index is 13.2. The Morgan fingerprint density at radius 2 is 1.72 bits per heavy atom. The Morgan fingerprint density at radius 1 is 1.08 bits per heavy atom. The molecule has 0 bridgehead atoms. The van der Waals surface area contributed by atoms with Gasteiger partial charge in [-0.05, 0) is 36.1 Å². The van der Waals surface area contributed by atoms with Crippen molar-refractivity contribution in [3.63, 3.8) is 0 Å². The lowest BCUT2D eigenvalue weighted by Gasteiger charge is -2.37. The number of imide groups is 1. The third-order valence-corrected chi connectivity index (χ3v) is 7.36. The number of piperidine rings is 1. The van der Waals surface area contributed by atoms with Crippen LogP contribution in [-0.2, 0) is 34.1 Å². The molecule has 0 aromatic heterocycles. The van der Waals surface area contributed by atoms with Gasteiger partial charge in [-0.25, -0.2) is 9.59 Å². The van der Waals surface area contributed by atoms with Crippen LogP contribution in [0.15, 0.2) is 77.3 Å². The van der Waals surface area contributed by atoms with E-state index in [1.54, 1.807) is 54.6 Å². The molecule has 0 radical (unpaired) electrons. The van der Waals surface area contributed by atoms with Crippen molar-refractivity contribution in [1.29, 1.82) is 5.26 Å². The molecule has 0 spiro atoms. The molecule has 2 aromatic rings. The first-order valence-corrected chi connectivity index (χ1v) is 12.3. The zero-order chi connectivity index (χ0) is 28.3. The predicted octanol–water partition coefficient (Wildman–Crippen LogP) is 2.67. The molecule has 4 rings (SSSR count). The summed E-state index contributed by atoms with van der Waals surface area (Å²) in [6.45, 7) is 1.87. The van der Waals surface area contributed by atoms with Gasteiger partial charge in [0.25, 0.3) is 0 Å². The molecule has 39 heavy (non-hydrogen) atoms. The number of allylic oxidation sites excluding steroid dienone is 1. The number of nitrogens with zero attached hydrogens (tertiary/aromatic N) is 2. The Labute approximate surface area is 225 Å². The van der Waals surface area contributed by atoms with E-state index in [0.717, 1.165) is 0 Å². The minimum Gasteiger partial charge on any atom is -0.466 e. The van der Waals surface area contributed by atoms with E-state index in [9.17, 15) is 24.4 Å². The number of hydrogen-bond acceptors (Lipinski definition) is 9. The zero-order valence-corrected chi connectivity index (χ0v) is 21.8. The number of ether oxygens (including phenoxy) is 2. The van der Waals surface area contributed by atoms with E-state index < -0.39 is 23.3 Å². The van der Waals surface area contributed by atoms with Gasteiger partial charge >= 0.3 is 11.9 Å². The van der Waals surface area contributed by atoms with Gasteiger partial charge in [-0.2, -0.15) is 5.26 Å². The number of esters is 2. The van der Waals surface area contributed by atoms with Crippen LogP contribution >= 0.6 is 0 Å². The SMILES string of the molecule is CCC1(c2ccc(N3C(N)=C(C#N)C(c4ccccc4)C(C(=O)OC)=C3C(=O)OC)cc2)CCC(=O)NC1=O. The van der Waals surface area contributed by atoms with E-state index >= 15 is 0 Å². The number of methoxy groups -OCH3 is 2. The van der Waals surface area contributed by atoms with Crippen molar-refractivity contribution in [2.24, 2.45) is 5.73 Å². The molecule has 10 nitrogen and oxygen atoms in total. The van der Waals surface area contributed by atoms with Crippen molar-refractivity contribution in [2.75, 3.05) is 19.1 Å². The van der Waals surface area contributed by atoms with Crippen molar-refractivity contribution in [3.05, 3.63) is 88.4 Å². The highest BCUT2D eigenvalue weighted by Gasteiger charge is 2.44. The number of amides is 2. The number of nitrogens with two attached hydrogens (primary N) is 1. The lowest BCUT2D eigenvalue weighted by molar-refractivity contribution is -0.139. The van der Waals surface area contributed by atoms with Crippen LogP contribution in [0.1, 0.15) is 43.2 Å². The molecular formula is C29H28N4O6. The summed E-state index contributed by atoms with van der Waals surface area (Å²) in [5.41, 5.74) is 7.01. The third kappa shape index (κ3) is 4.52. The topological polar surface area (TPSA) is 152 Å². The fraction of sp³-hybridized carbons (Fsp3) is 0.276. The van der Waals surface area contributed by atoms with E-state index in [2.05, 4.69) is 11.4 Å². The second-order valence-electron chi connectivity index (χ2n) is 9.20. The summed E-state index contributed by atoms with van der Waals surface area (Å²) in [5, 5.41) is 12.6. The molecule has 200 valence electrons. The van der Waals surface area contributed by atoms with Crippen molar-refractivity contribution in [1.82, 2.24) is 5.32 Å². The smallest absolute Gasteiger partial charge is 0.355 e. The van der Waals surface area contributed by atoms with Gasteiger partial charge in [0.05, 0.1) is 42.8 Å². The number of rotatable bonds is 6. The molecule has 0 saturated carbocycles. The highest BCUT2D eigenvalue weighted by Crippen LogP contribution is 2.44. The molecule has 2 heterocycles. The molecule has 1 saturated heterocycles. The number of nitrogens with one attached hydrogen (secondary N) is 1. The molecule has 2 aliphatic heterocycles. The van der Waals surface area contributed by atoms with Gasteiger partial charge < -0.3 is 15.2 Å². The minimum atomic E-state index is -0.972. The third-order valence-electron chi connectivity index (χ3n) is 7.36. The van der Waals surface area contributed by atoms with Gasteiger partial charge in [0.1, 0.15) is 11.5 Å². The number of hydrogen-bond donors (Lipinski definition) is 2. The predicted molar refractivity (Wildman–Crippen MR) is 140 cm³/mol. The van der Waals surface area contributed by atoms with E-state index in [4.69, 9.17) is 15.2 Å². The summed E-state index contributed by atoms with van der Waals surface area (Å²) < 4.78 is 10.1. The van der Waals surface area contributed by atoms with E-state index in [1.165, 1.54) is 19.1 Å². The maximum Gasteiger partial charge on any atom is 0.355 e. The summed E-state index contributed by atoms with van der Waals surface area (Å²) in [7, 11) is 2.36. The summed E-state index contributed by atoms with van der Waals surface area (Å²) >= 11 is 0.